The van der Waals surface area contributed by atoms with Crippen LogP contribution in [0, 0.1) is 17.0 Å². The summed E-state index contributed by atoms with van der Waals surface area (Å²) in [6.07, 6.45) is 1.42. The number of hydrogen-bond acceptors (Lipinski definition) is 5. The Morgan fingerprint density at radius 3 is 2.50 bits per heavy atom. The van der Waals surface area contributed by atoms with Crippen LogP contribution in [0.1, 0.15) is 21.5 Å². The lowest BCUT2D eigenvalue weighted by Gasteiger charge is -2.04. The number of nitro groups is 1. The van der Waals surface area contributed by atoms with Gasteiger partial charge in [-0.3, -0.25) is 14.9 Å². The average Bonchev–Trinajstić information content (AvgIpc) is 2.52. The van der Waals surface area contributed by atoms with Crippen LogP contribution in [0.25, 0.3) is 0 Å². The number of nitrogens with one attached hydrogen (secondary N) is 1. The highest BCUT2D eigenvalue weighted by atomic mass is 79.9. The number of aromatic hydroxyl groups is 1. The molecule has 0 aliphatic carbocycles. The summed E-state index contributed by atoms with van der Waals surface area (Å²) in [5.74, 6) is -1.12. The van der Waals surface area contributed by atoms with Crippen molar-refractivity contribution in [2.45, 2.75) is 6.92 Å². The summed E-state index contributed by atoms with van der Waals surface area (Å²) in [7, 11) is 0. The predicted octanol–water partition coefficient (Wildman–Crippen LogP) is 3.90. The van der Waals surface area contributed by atoms with Gasteiger partial charge in [-0.25, -0.2) is 5.43 Å². The highest BCUT2D eigenvalue weighted by Gasteiger charge is 2.16. The highest BCUT2D eigenvalue weighted by Crippen LogP contribution is 2.26. The Morgan fingerprint density at radius 2 is 1.92 bits per heavy atom. The van der Waals surface area contributed by atoms with Crippen LogP contribution in [0.15, 0.2) is 44.4 Å². The molecule has 0 fully saturated rings. The summed E-state index contributed by atoms with van der Waals surface area (Å²) in [6.45, 7) is 1.93. The Bertz CT molecular complexity index is 830. The molecule has 0 aromatic heterocycles. The van der Waals surface area contributed by atoms with Crippen molar-refractivity contribution in [3.8, 4) is 5.75 Å². The summed E-state index contributed by atoms with van der Waals surface area (Å²) >= 11 is 6.82. The van der Waals surface area contributed by atoms with Gasteiger partial charge in [0.05, 0.1) is 16.7 Å². The molecule has 0 atom stereocenters. The van der Waals surface area contributed by atoms with Crippen LogP contribution in [-0.2, 0) is 0 Å². The van der Waals surface area contributed by atoms with E-state index in [1.165, 1.54) is 6.21 Å². The zero-order valence-electron chi connectivity index (χ0n) is 12.3. The Morgan fingerprint density at radius 1 is 1.29 bits per heavy atom. The van der Waals surface area contributed by atoms with E-state index >= 15 is 0 Å². The van der Waals surface area contributed by atoms with E-state index in [0.29, 0.717) is 0 Å². The summed E-state index contributed by atoms with van der Waals surface area (Å²) in [5, 5.41) is 24.2. The molecule has 0 saturated heterocycles. The first-order valence-electron chi connectivity index (χ1n) is 6.56. The van der Waals surface area contributed by atoms with Crippen LogP contribution >= 0.6 is 31.9 Å². The number of nitrogens with zero attached hydrogens (tertiary/aromatic N) is 2. The topological polar surface area (TPSA) is 105 Å². The van der Waals surface area contributed by atoms with Crippen LogP contribution < -0.4 is 5.43 Å². The molecular formula is C15H11Br2N3O4. The van der Waals surface area contributed by atoms with Crippen molar-refractivity contribution in [1.29, 1.82) is 0 Å². The molecule has 0 radical (unpaired) electrons. The molecule has 0 unspecified atom stereocenters. The van der Waals surface area contributed by atoms with E-state index in [-0.39, 0.29) is 17.0 Å². The molecule has 1 amide bonds. The van der Waals surface area contributed by atoms with Gasteiger partial charge in [0.25, 0.3) is 11.6 Å². The smallest absolute Gasteiger partial charge is 0.275 e. The number of amides is 1. The molecule has 9 heteroatoms. The van der Waals surface area contributed by atoms with Gasteiger partial charge in [-0.15, -0.1) is 0 Å². The Kier molecular flexibility index (Phi) is 5.68. The van der Waals surface area contributed by atoms with E-state index in [2.05, 4.69) is 42.4 Å². The van der Waals surface area contributed by atoms with Crippen LogP contribution in [-0.4, -0.2) is 22.2 Å². The Labute approximate surface area is 153 Å². The minimum atomic E-state index is -0.752. The van der Waals surface area contributed by atoms with E-state index in [1.807, 2.05) is 19.1 Å². The van der Waals surface area contributed by atoms with Crippen LogP contribution in [0.5, 0.6) is 5.75 Å². The Hall–Kier alpha value is -2.26. The third-order valence-corrected chi connectivity index (χ3v) is 4.77. The normalized spacial score (nSPS) is 10.8. The maximum Gasteiger partial charge on any atom is 0.275 e. The number of non-ortho nitro benzene ring substituents is 1. The zero-order valence-corrected chi connectivity index (χ0v) is 15.5. The van der Waals surface area contributed by atoms with Gasteiger partial charge in [0.2, 0.25) is 0 Å². The molecule has 2 N–H and O–H groups in total. The molecule has 0 bridgehead atoms. The van der Waals surface area contributed by atoms with Gasteiger partial charge in [-0.2, -0.15) is 5.10 Å². The van der Waals surface area contributed by atoms with Crippen molar-refractivity contribution in [3.05, 3.63) is 66.1 Å². The second-order valence-electron chi connectivity index (χ2n) is 4.77. The fraction of sp³-hybridized carbons (Fsp3) is 0.0667. The number of phenolic OH excluding ortho intramolecular Hbond substituents is 1. The average molecular weight is 457 g/mol. The summed E-state index contributed by atoms with van der Waals surface area (Å²) in [5.41, 5.74) is 3.45. The molecule has 124 valence electrons. The number of rotatable bonds is 4. The van der Waals surface area contributed by atoms with Crippen molar-refractivity contribution in [2.24, 2.45) is 5.10 Å². The SMILES string of the molecule is Cc1c(Br)cc(/C=N\NC(=O)c2cc([N+](=O)[O-])ccc2O)cc1Br. The third-order valence-electron chi connectivity index (χ3n) is 3.12. The van der Waals surface area contributed by atoms with Crippen molar-refractivity contribution >= 4 is 49.7 Å². The summed E-state index contributed by atoms with van der Waals surface area (Å²) in [6, 6.07) is 6.82. The summed E-state index contributed by atoms with van der Waals surface area (Å²) < 4.78 is 1.75. The number of hydrogen-bond donors (Lipinski definition) is 2. The zero-order chi connectivity index (χ0) is 17.9. The lowest BCUT2D eigenvalue weighted by atomic mass is 10.1. The molecule has 0 spiro atoms. The van der Waals surface area contributed by atoms with Crippen molar-refractivity contribution in [3.63, 3.8) is 0 Å². The van der Waals surface area contributed by atoms with Gasteiger partial charge in [-0.1, -0.05) is 31.9 Å². The molecule has 24 heavy (non-hydrogen) atoms. The maximum absolute atomic E-state index is 12.0. The second-order valence-corrected chi connectivity index (χ2v) is 6.48. The van der Waals surface area contributed by atoms with E-state index < -0.39 is 10.8 Å². The highest BCUT2D eigenvalue weighted by molar-refractivity contribution is 9.11. The predicted molar refractivity (Wildman–Crippen MR) is 96.4 cm³/mol. The third kappa shape index (κ3) is 4.18. The number of halogens is 2. The van der Waals surface area contributed by atoms with Gasteiger partial charge in [0, 0.05) is 21.1 Å². The monoisotopic (exact) mass is 455 g/mol. The molecular weight excluding hydrogens is 446 g/mol. The number of benzene rings is 2. The van der Waals surface area contributed by atoms with Crippen molar-refractivity contribution in [2.75, 3.05) is 0 Å². The van der Waals surface area contributed by atoms with Gasteiger partial charge < -0.3 is 5.11 Å². The van der Waals surface area contributed by atoms with Crippen LogP contribution in [0.2, 0.25) is 0 Å². The lowest BCUT2D eigenvalue weighted by Crippen LogP contribution is -2.18. The van der Waals surface area contributed by atoms with Crippen molar-refractivity contribution < 1.29 is 14.8 Å². The second kappa shape index (κ2) is 7.54. The quantitative estimate of drug-likeness (QED) is 0.413. The fourth-order valence-electron chi connectivity index (χ4n) is 1.78. The Balaban J connectivity index is 2.16. The molecule has 7 nitrogen and oxygen atoms in total. The number of phenols is 1. The van der Waals surface area contributed by atoms with Gasteiger partial charge in [0.1, 0.15) is 5.75 Å². The molecule has 0 saturated carbocycles. The first-order chi connectivity index (χ1) is 11.3. The fourth-order valence-corrected chi connectivity index (χ4v) is 3.01. The summed E-state index contributed by atoms with van der Waals surface area (Å²) in [4.78, 5) is 22.1. The maximum atomic E-state index is 12.0. The molecule has 0 heterocycles. The minimum Gasteiger partial charge on any atom is -0.507 e. The number of nitro benzene ring substituents is 1. The van der Waals surface area contributed by atoms with E-state index in [1.54, 1.807) is 0 Å². The standard InChI is InChI=1S/C15H11Br2N3O4/c1-8-12(16)4-9(5-13(8)17)7-18-19-15(22)11-6-10(20(23)24)2-3-14(11)21/h2-7,21H,1H3,(H,19,22)/b18-7-. The number of carbonyl (C=O) groups excluding carboxylic acids is 1. The first kappa shape index (κ1) is 18.1. The number of carbonyl (C=O) groups is 1. The van der Waals surface area contributed by atoms with Crippen LogP contribution in [0.4, 0.5) is 5.69 Å². The van der Waals surface area contributed by atoms with E-state index in [0.717, 1.165) is 38.3 Å². The van der Waals surface area contributed by atoms with Crippen LogP contribution in [0.3, 0.4) is 0 Å². The molecule has 0 aliphatic heterocycles. The molecule has 2 aromatic carbocycles. The lowest BCUT2D eigenvalue weighted by molar-refractivity contribution is -0.384. The molecule has 2 aromatic rings. The van der Waals surface area contributed by atoms with E-state index in [9.17, 15) is 20.0 Å². The number of hydrazone groups is 1. The minimum absolute atomic E-state index is 0.229. The molecule has 2 rings (SSSR count). The van der Waals surface area contributed by atoms with Crippen molar-refractivity contribution in [1.82, 2.24) is 5.43 Å². The largest absolute Gasteiger partial charge is 0.507 e. The van der Waals surface area contributed by atoms with Gasteiger partial charge in [-0.05, 0) is 36.2 Å². The van der Waals surface area contributed by atoms with E-state index in [4.69, 9.17) is 0 Å². The van der Waals surface area contributed by atoms with Gasteiger partial charge >= 0.3 is 0 Å². The van der Waals surface area contributed by atoms with Gasteiger partial charge in [0.15, 0.2) is 0 Å². The molecule has 0 aliphatic rings. The first-order valence-corrected chi connectivity index (χ1v) is 8.14.